The van der Waals surface area contributed by atoms with Crippen molar-refractivity contribution in [3.8, 4) is 17.6 Å². The number of nitrogen functional groups attached to an aromatic ring is 1. The highest BCUT2D eigenvalue weighted by Crippen LogP contribution is 2.30. The van der Waals surface area contributed by atoms with Crippen LogP contribution in [0.4, 0.5) is 5.69 Å². The molecule has 2 aromatic carbocycles. The van der Waals surface area contributed by atoms with E-state index in [1.54, 1.807) is 42.5 Å². The van der Waals surface area contributed by atoms with E-state index in [0.717, 1.165) is 0 Å². The van der Waals surface area contributed by atoms with Crippen molar-refractivity contribution in [2.45, 2.75) is 6.92 Å². The molecule has 0 bridgehead atoms. The second-order valence-corrected chi connectivity index (χ2v) is 4.32. The molecule has 0 aliphatic heterocycles. The SMILES string of the molecule is CCNC(=O)c1ccc(Oc2ccccc2C#N)c(N)c1. The Balaban J connectivity index is 2.26. The number of carbonyl (C=O) groups is 1. The van der Waals surface area contributed by atoms with Crippen LogP contribution in [0.15, 0.2) is 42.5 Å². The van der Waals surface area contributed by atoms with E-state index in [4.69, 9.17) is 15.7 Å². The summed E-state index contributed by atoms with van der Waals surface area (Å²) in [5.41, 5.74) is 7.13. The zero-order valence-corrected chi connectivity index (χ0v) is 11.6. The highest BCUT2D eigenvalue weighted by Gasteiger charge is 2.10. The first-order valence-corrected chi connectivity index (χ1v) is 6.50. The summed E-state index contributed by atoms with van der Waals surface area (Å²) in [4.78, 5) is 11.7. The number of carbonyl (C=O) groups excluding carboxylic acids is 1. The maximum absolute atomic E-state index is 11.7. The maximum atomic E-state index is 11.7. The lowest BCUT2D eigenvalue weighted by atomic mass is 10.1. The van der Waals surface area contributed by atoms with E-state index in [1.165, 1.54) is 0 Å². The Morgan fingerprint density at radius 2 is 2.05 bits per heavy atom. The van der Waals surface area contributed by atoms with Crippen LogP contribution >= 0.6 is 0 Å². The van der Waals surface area contributed by atoms with Crippen LogP contribution in [0.25, 0.3) is 0 Å². The lowest BCUT2D eigenvalue weighted by Crippen LogP contribution is -2.22. The highest BCUT2D eigenvalue weighted by atomic mass is 16.5. The monoisotopic (exact) mass is 281 g/mol. The van der Waals surface area contributed by atoms with E-state index in [2.05, 4.69) is 11.4 Å². The molecule has 2 rings (SSSR count). The quantitative estimate of drug-likeness (QED) is 0.843. The number of nitrogens with two attached hydrogens (primary N) is 1. The van der Waals surface area contributed by atoms with Gasteiger partial charge >= 0.3 is 0 Å². The molecule has 21 heavy (non-hydrogen) atoms. The van der Waals surface area contributed by atoms with Gasteiger partial charge < -0.3 is 15.8 Å². The zero-order valence-electron chi connectivity index (χ0n) is 11.6. The van der Waals surface area contributed by atoms with Crippen LogP contribution in [-0.4, -0.2) is 12.5 Å². The standard InChI is InChI=1S/C16H15N3O2/c1-2-19-16(20)11-7-8-15(13(18)9-11)21-14-6-4-3-5-12(14)10-17/h3-9H,2,18H2,1H3,(H,19,20). The summed E-state index contributed by atoms with van der Waals surface area (Å²) in [6.07, 6.45) is 0. The van der Waals surface area contributed by atoms with Crippen molar-refractivity contribution < 1.29 is 9.53 Å². The second-order valence-electron chi connectivity index (χ2n) is 4.32. The Bertz CT molecular complexity index is 705. The molecule has 0 radical (unpaired) electrons. The highest BCUT2D eigenvalue weighted by molar-refractivity contribution is 5.95. The molecule has 2 aromatic rings. The average Bonchev–Trinajstić information content (AvgIpc) is 2.50. The largest absolute Gasteiger partial charge is 0.454 e. The number of amides is 1. The minimum atomic E-state index is -0.187. The molecule has 0 spiro atoms. The van der Waals surface area contributed by atoms with Crippen LogP contribution in [0.3, 0.4) is 0 Å². The summed E-state index contributed by atoms with van der Waals surface area (Å²) in [5.74, 6) is 0.649. The number of rotatable bonds is 4. The Kier molecular flexibility index (Phi) is 4.42. The number of ether oxygens (including phenoxy) is 1. The van der Waals surface area contributed by atoms with Gasteiger partial charge in [0.2, 0.25) is 0 Å². The summed E-state index contributed by atoms with van der Waals surface area (Å²) in [6.45, 7) is 2.39. The number of para-hydroxylation sites is 1. The van der Waals surface area contributed by atoms with Crippen molar-refractivity contribution >= 4 is 11.6 Å². The van der Waals surface area contributed by atoms with Crippen molar-refractivity contribution in [1.82, 2.24) is 5.32 Å². The lowest BCUT2D eigenvalue weighted by molar-refractivity contribution is 0.0956. The molecule has 0 heterocycles. The van der Waals surface area contributed by atoms with E-state index in [0.29, 0.717) is 34.9 Å². The van der Waals surface area contributed by atoms with Crippen molar-refractivity contribution in [1.29, 1.82) is 5.26 Å². The number of nitriles is 1. The Labute approximate surface area is 123 Å². The predicted octanol–water partition coefficient (Wildman–Crippen LogP) is 2.68. The molecule has 0 saturated heterocycles. The fourth-order valence-corrected chi connectivity index (χ4v) is 1.81. The van der Waals surface area contributed by atoms with Crippen molar-refractivity contribution in [3.63, 3.8) is 0 Å². The normalized spacial score (nSPS) is 9.71. The number of nitrogens with one attached hydrogen (secondary N) is 1. The van der Waals surface area contributed by atoms with Gasteiger partial charge in [-0.05, 0) is 37.3 Å². The van der Waals surface area contributed by atoms with Crippen LogP contribution in [0, 0.1) is 11.3 Å². The minimum Gasteiger partial charge on any atom is -0.454 e. The van der Waals surface area contributed by atoms with Gasteiger partial charge in [-0.1, -0.05) is 12.1 Å². The van der Waals surface area contributed by atoms with Gasteiger partial charge in [0.05, 0.1) is 11.3 Å². The molecule has 0 saturated carbocycles. The molecule has 0 atom stereocenters. The molecular weight excluding hydrogens is 266 g/mol. The third-order valence-corrected chi connectivity index (χ3v) is 2.84. The van der Waals surface area contributed by atoms with Crippen LogP contribution in [0.1, 0.15) is 22.8 Å². The molecule has 5 nitrogen and oxygen atoms in total. The number of hydrogen-bond acceptors (Lipinski definition) is 4. The summed E-state index contributed by atoms with van der Waals surface area (Å²) in [6, 6.07) is 13.7. The average molecular weight is 281 g/mol. The van der Waals surface area contributed by atoms with Crippen LogP contribution in [0.2, 0.25) is 0 Å². The maximum Gasteiger partial charge on any atom is 0.251 e. The summed E-state index contributed by atoms with van der Waals surface area (Å²) >= 11 is 0. The van der Waals surface area contributed by atoms with Crippen LogP contribution in [-0.2, 0) is 0 Å². The van der Waals surface area contributed by atoms with Gasteiger partial charge in [-0.3, -0.25) is 4.79 Å². The Hall–Kier alpha value is -3.00. The number of anilines is 1. The molecule has 0 aromatic heterocycles. The van der Waals surface area contributed by atoms with Gasteiger partial charge in [-0.2, -0.15) is 5.26 Å². The molecule has 1 amide bonds. The van der Waals surface area contributed by atoms with E-state index in [9.17, 15) is 4.79 Å². The van der Waals surface area contributed by atoms with Gasteiger partial charge in [0, 0.05) is 12.1 Å². The molecule has 3 N–H and O–H groups in total. The Morgan fingerprint density at radius 3 is 2.71 bits per heavy atom. The summed E-state index contributed by atoms with van der Waals surface area (Å²) in [5, 5.41) is 11.7. The summed E-state index contributed by atoms with van der Waals surface area (Å²) in [7, 11) is 0. The second kappa shape index (κ2) is 6.44. The lowest BCUT2D eigenvalue weighted by Gasteiger charge is -2.11. The first-order chi connectivity index (χ1) is 10.2. The van der Waals surface area contributed by atoms with Crippen molar-refractivity contribution in [2.24, 2.45) is 0 Å². The number of hydrogen-bond donors (Lipinski definition) is 2. The van der Waals surface area contributed by atoms with Gasteiger partial charge in [-0.15, -0.1) is 0 Å². The molecular formula is C16H15N3O2. The molecule has 0 aliphatic carbocycles. The molecule has 0 aliphatic rings. The minimum absolute atomic E-state index is 0.187. The van der Waals surface area contributed by atoms with Gasteiger partial charge in [0.25, 0.3) is 5.91 Å². The molecule has 0 unspecified atom stereocenters. The van der Waals surface area contributed by atoms with Crippen molar-refractivity contribution in [2.75, 3.05) is 12.3 Å². The topological polar surface area (TPSA) is 88.1 Å². The molecule has 106 valence electrons. The number of benzene rings is 2. The fourth-order valence-electron chi connectivity index (χ4n) is 1.81. The predicted molar refractivity (Wildman–Crippen MR) is 80.1 cm³/mol. The van der Waals surface area contributed by atoms with Gasteiger partial charge in [-0.25, -0.2) is 0 Å². The van der Waals surface area contributed by atoms with Crippen LogP contribution < -0.4 is 15.8 Å². The smallest absolute Gasteiger partial charge is 0.251 e. The van der Waals surface area contributed by atoms with E-state index in [-0.39, 0.29) is 5.91 Å². The third-order valence-electron chi connectivity index (χ3n) is 2.84. The van der Waals surface area contributed by atoms with Gasteiger partial charge in [0.1, 0.15) is 17.6 Å². The molecule has 5 heteroatoms. The zero-order chi connectivity index (χ0) is 15.2. The van der Waals surface area contributed by atoms with E-state index < -0.39 is 0 Å². The first kappa shape index (κ1) is 14.4. The van der Waals surface area contributed by atoms with E-state index >= 15 is 0 Å². The Morgan fingerprint density at radius 1 is 1.29 bits per heavy atom. The fraction of sp³-hybridized carbons (Fsp3) is 0.125. The molecule has 0 fully saturated rings. The van der Waals surface area contributed by atoms with Gasteiger partial charge in [0.15, 0.2) is 0 Å². The number of nitrogens with zero attached hydrogens (tertiary/aromatic N) is 1. The van der Waals surface area contributed by atoms with Crippen LogP contribution in [0.5, 0.6) is 11.5 Å². The van der Waals surface area contributed by atoms with Crippen molar-refractivity contribution in [3.05, 3.63) is 53.6 Å². The van der Waals surface area contributed by atoms with E-state index in [1.807, 2.05) is 6.92 Å². The first-order valence-electron chi connectivity index (χ1n) is 6.50. The summed E-state index contributed by atoms with van der Waals surface area (Å²) < 4.78 is 5.65. The third kappa shape index (κ3) is 3.31.